The van der Waals surface area contributed by atoms with Gasteiger partial charge >= 0.3 is 0 Å². The molecule has 0 aliphatic rings. The van der Waals surface area contributed by atoms with Crippen molar-refractivity contribution in [1.29, 1.82) is 0 Å². The van der Waals surface area contributed by atoms with Crippen LogP contribution in [0.2, 0.25) is 0 Å². The highest BCUT2D eigenvalue weighted by Crippen LogP contribution is 1.95. The molecule has 0 radical (unpaired) electrons. The van der Waals surface area contributed by atoms with Crippen LogP contribution in [-0.4, -0.2) is 64.5 Å². The Morgan fingerprint density at radius 3 is 1.59 bits per heavy atom. The van der Waals surface area contributed by atoms with Gasteiger partial charge in [0.2, 0.25) is 0 Å². The summed E-state index contributed by atoms with van der Waals surface area (Å²) in [5.41, 5.74) is 0. The average Bonchev–Trinajstić information content (AvgIpc) is 2.36. The number of hydrogen-bond acceptors (Lipinski definition) is 5. The molecule has 5 heteroatoms. The molecule has 0 heterocycles. The van der Waals surface area contributed by atoms with Crippen molar-refractivity contribution in [1.82, 2.24) is 4.90 Å². The summed E-state index contributed by atoms with van der Waals surface area (Å²) in [4.78, 5) is 2.27. The van der Waals surface area contributed by atoms with Crippen LogP contribution in [0.25, 0.3) is 0 Å². The summed E-state index contributed by atoms with van der Waals surface area (Å²) in [6, 6.07) is 0. The smallest absolute Gasteiger partial charge is 0.154 e. The minimum absolute atomic E-state index is 0.140. The molecule has 2 unspecified atom stereocenters. The predicted octanol–water partition coefficient (Wildman–Crippen LogP) is 1.33. The van der Waals surface area contributed by atoms with E-state index in [1.807, 2.05) is 13.8 Å². The molecule has 0 saturated carbocycles. The first-order valence-electron chi connectivity index (χ1n) is 6.15. The lowest BCUT2D eigenvalue weighted by Gasteiger charge is -2.22. The van der Waals surface area contributed by atoms with Gasteiger partial charge in [-0.15, -0.1) is 0 Å². The second kappa shape index (κ2) is 10.9. The molecule has 2 atom stereocenters. The highest BCUT2D eigenvalue weighted by Gasteiger charge is 2.05. The Morgan fingerprint density at radius 1 is 0.882 bits per heavy atom. The van der Waals surface area contributed by atoms with E-state index in [0.29, 0.717) is 13.2 Å². The summed E-state index contributed by atoms with van der Waals surface area (Å²) in [6.07, 6.45) is -0.281. The first-order chi connectivity index (χ1) is 8.13. The molecule has 0 aromatic rings. The van der Waals surface area contributed by atoms with E-state index in [1.54, 1.807) is 14.2 Å². The van der Waals surface area contributed by atoms with Gasteiger partial charge in [0.1, 0.15) is 0 Å². The molecule has 0 aliphatic carbocycles. The molecule has 0 aromatic carbocycles. The van der Waals surface area contributed by atoms with E-state index >= 15 is 0 Å². The summed E-state index contributed by atoms with van der Waals surface area (Å²) >= 11 is 0. The number of rotatable bonds is 11. The lowest BCUT2D eigenvalue weighted by Crippen LogP contribution is -2.32. The van der Waals surface area contributed by atoms with Gasteiger partial charge in [0.15, 0.2) is 12.6 Å². The number of likely N-dealkylation sites (N-methyl/N-ethyl adjacent to an activating group) is 1. The van der Waals surface area contributed by atoms with E-state index in [1.165, 1.54) is 0 Å². The fraction of sp³-hybridized carbons (Fsp3) is 1.00. The van der Waals surface area contributed by atoms with Crippen molar-refractivity contribution >= 4 is 0 Å². The third-order valence-corrected chi connectivity index (χ3v) is 2.63. The molecular formula is C12H27NO4. The van der Waals surface area contributed by atoms with E-state index < -0.39 is 0 Å². The molecule has 0 amide bonds. The van der Waals surface area contributed by atoms with Crippen LogP contribution in [0.3, 0.4) is 0 Å². The maximum Gasteiger partial charge on any atom is 0.154 e. The summed E-state index contributed by atoms with van der Waals surface area (Å²) in [7, 11) is 3.28. The van der Waals surface area contributed by atoms with Crippen LogP contribution in [0.5, 0.6) is 0 Å². The molecule has 0 N–H and O–H groups in total. The monoisotopic (exact) mass is 249 g/mol. The lowest BCUT2D eigenvalue weighted by molar-refractivity contribution is -0.122. The highest BCUT2D eigenvalue weighted by molar-refractivity contribution is 4.54. The topological polar surface area (TPSA) is 40.2 Å². The molecule has 0 aromatic heterocycles. The second-order valence-electron chi connectivity index (χ2n) is 3.78. The Morgan fingerprint density at radius 2 is 1.29 bits per heavy atom. The highest BCUT2D eigenvalue weighted by atomic mass is 16.7. The van der Waals surface area contributed by atoms with E-state index in [2.05, 4.69) is 11.8 Å². The molecule has 0 aliphatic heterocycles. The summed E-state index contributed by atoms with van der Waals surface area (Å²) in [5, 5.41) is 0. The zero-order chi connectivity index (χ0) is 13.1. The number of nitrogens with zero attached hydrogens (tertiary/aromatic N) is 1. The van der Waals surface area contributed by atoms with Crippen molar-refractivity contribution in [3.05, 3.63) is 0 Å². The standard InChI is InChI=1S/C12H27NO4/c1-6-13(7-9-16-11(2)14-4)8-10-17-12(3)15-5/h11-12H,6-10H2,1-5H3. The number of hydrogen-bond donors (Lipinski definition) is 0. The summed E-state index contributed by atoms with van der Waals surface area (Å²) < 4.78 is 20.9. The Kier molecular flexibility index (Phi) is 10.8. The van der Waals surface area contributed by atoms with Gasteiger partial charge in [-0.1, -0.05) is 6.92 Å². The lowest BCUT2D eigenvalue weighted by atomic mass is 10.4. The molecule has 104 valence electrons. The Labute approximate surface area is 105 Å². The van der Waals surface area contributed by atoms with Gasteiger partial charge in [-0.2, -0.15) is 0 Å². The first-order valence-corrected chi connectivity index (χ1v) is 6.15. The molecule has 0 fully saturated rings. The minimum Gasteiger partial charge on any atom is -0.356 e. The largest absolute Gasteiger partial charge is 0.356 e. The van der Waals surface area contributed by atoms with Crippen molar-refractivity contribution in [3.63, 3.8) is 0 Å². The second-order valence-corrected chi connectivity index (χ2v) is 3.78. The normalized spacial score (nSPS) is 15.2. The quantitative estimate of drug-likeness (QED) is 0.517. The van der Waals surface area contributed by atoms with Crippen LogP contribution in [0, 0.1) is 0 Å². The maximum atomic E-state index is 5.44. The summed E-state index contributed by atoms with van der Waals surface area (Å²) in [5.74, 6) is 0. The van der Waals surface area contributed by atoms with Crippen LogP contribution < -0.4 is 0 Å². The number of methoxy groups -OCH3 is 2. The Hall–Kier alpha value is -0.200. The van der Waals surface area contributed by atoms with Gasteiger partial charge in [-0.3, -0.25) is 4.90 Å². The Balaban J connectivity index is 3.55. The third kappa shape index (κ3) is 9.50. The van der Waals surface area contributed by atoms with Crippen molar-refractivity contribution in [3.8, 4) is 0 Å². The van der Waals surface area contributed by atoms with Crippen molar-refractivity contribution < 1.29 is 18.9 Å². The van der Waals surface area contributed by atoms with Gasteiger partial charge in [0.25, 0.3) is 0 Å². The first kappa shape index (κ1) is 16.8. The molecule has 0 rings (SSSR count). The van der Waals surface area contributed by atoms with Crippen LogP contribution in [0.1, 0.15) is 20.8 Å². The van der Waals surface area contributed by atoms with Crippen molar-refractivity contribution in [2.75, 3.05) is 47.1 Å². The van der Waals surface area contributed by atoms with Crippen LogP contribution in [0.15, 0.2) is 0 Å². The number of ether oxygens (including phenoxy) is 4. The van der Waals surface area contributed by atoms with Crippen LogP contribution in [0.4, 0.5) is 0 Å². The molecule has 0 bridgehead atoms. The third-order valence-electron chi connectivity index (χ3n) is 2.63. The van der Waals surface area contributed by atoms with E-state index in [-0.39, 0.29) is 12.6 Å². The zero-order valence-electron chi connectivity index (χ0n) is 11.8. The van der Waals surface area contributed by atoms with E-state index in [9.17, 15) is 0 Å². The van der Waals surface area contributed by atoms with Gasteiger partial charge in [0.05, 0.1) is 13.2 Å². The Bertz CT molecular complexity index is 153. The van der Waals surface area contributed by atoms with Crippen LogP contribution >= 0.6 is 0 Å². The van der Waals surface area contributed by atoms with Crippen molar-refractivity contribution in [2.24, 2.45) is 0 Å². The molecule has 17 heavy (non-hydrogen) atoms. The molecular weight excluding hydrogens is 222 g/mol. The molecule has 5 nitrogen and oxygen atoms in total. The fourth-order valence-corrected chi connectivity index (χ4v) is 1.26. The van der Waals surface area contributed by atoms with Gasteiger partial charge in [0, 0.05) is 27.3 Å². The predicted molar refractivity (Wildman–Crippen MR) is 67.0 cm³/mol. The van der Waals surface area contributed by atoms with Crippen LogP contribution in [-0.2, 0) is 18.9 Å². The SMILES string of the molecule is CCN(CCOC(C)OC)CCOC(C)OC. The molecule has 0 spiro atoms. The molecule has 0 saturated heterocycles. The zero-order valence-corrected chi connectivity index (χ0v) is 11.8. The van der Waals surface area contributed by atoms with Gasteiger partial charge in [-0.25, -0.2) is 0 Å². The fourth-order valence-electron chi connectivity index (χ4n) is 1.26. The van der Waals surface area contributed by atoms with Crippen molar-refractivity contribution in [2.45, 2.75) is 33.4 Å². The average molecular weight is 249 g/mol. The van der Waals surface area contributed by atoms with E-state index in [4.69, 9.17) is 18.9 Å². The minimum atomic E-state index is -0.140. The van der Waals surface area contributed by atoms with E-state index in [0.717, 1.165) is 19.6 Å². The van der Waals surface area contributed by atoms with Gasteiger partial charge < -0.3 is 18.9 Å². The maximum absolute atomic E-state index is 5.44. The van der Waals surface area contributed by atoms with Gasteiger partial charge in [-0.05, 0) is 20.4 Å². The summed E-state index contributed by atoms with van der Waals surface area (Å²) in [6.45, 7) is 9.99.